The van der Waals surface area contributed by atoms with E-state index in [1.165, 1.54) is 12.1 Å². The zero-order chi connectivity index (χ0) is 14.5. The van der Waals surface area contributed by atoms with Crippen LogP contribution in [0.15, 0.2) is 48.5 Å². The third-order valence-electron chi connectivity index (χ3n) is 2.74. The van der Waals surface area contributed by atoms with E-state index in [-0.39, 0.29) is 12.2 Å². The lowest BCUT2D eigenvalue weighted by Crippen LogP contribution is -2.01. The van der Waals surface area contributed by atoms with Crippen molar-refractivity contribution in [2.24, 2.45) is 0 Å². The summed E-state index contributed by atoms with van der Waals surface area (Å²) in [6.45, 7) is 0.212. The van der Waals surface area contributed by atoms with Crippen molar-refractivity contribution in [2.75, 3.05) is 0 Å². The Morgan fingerprint density at radius 2 is 1.85 bits per heavy atom. The smallest absolute Gasteiger partial charge is 0.335 e. The molecule has 0 fully saturated rings. The summed E-state index contributed by atoms with van der Waals surface area (Å²) in [5, 5.41) is 27.0. The van der Waals surface area contributed by atoms with E-state index in [1.807, 2.05) is 0 Å². The standard InChI is InChI=1S/C15H14O5/c16-14(17)11-4-1-3-10(7-11)9-20-13-6-2-5-12(8-13)15(18)19/h1-8,14,16-17H,9H2,(H,18,19). The van der Waals surface area contributed by atoms with Crippen molar-refractivity contribution < 1.29 is 24.9 Å². The molecule has 20 heavy (non-hydrogen) atoms. The van der Waals surface area contributed by atoms with Gasteiger partial charge in [-0.1, -0.05) is 24.3 Å². The van der Waals surface area contributed by atoms with Gasteiger partial charge in [0.05, 0.1) is 5.56 Å². The van der Waals surface area contributed by atoms with Crippen LogP contribution in [0.5, 0.6) is 5.75 Å². The molecule has 2 rings (SSSR count). The molecule has 0 aliphatic carbocycles. The van der Waals surface area contributed by atoms with E-state index in [0.29, 0.717) is 11.3 Å². The summed E-state index contributed by atoms with van der Waals surface area (Å²) in [5.41, 5.74) is 1.30. The highest BCUT2D eigenvalue weighted by Gasteiger charge is 2.06. The van der Waals surface area contributed by atoms with E-state index in [0.717, 1.165) is 5.56 Å². The van der Waals surface area contributed by atoms with Gasteiger partial charge in [0.25, 0.3) is 0 Å². The number of aromatic carboxylic acids is 1. The maximum absolute atomic E-state index is 10.8. The lowest BCUT2D eigenvalue weighted by Gasteiger charge is -2.09. The Bertz CT molecular complexity index is 607. The minimum atomic E-state index is -1.52. The van der Waals surface area contributed by atoms with E-state index in [1.54, 1.807) is 36.4 Å². The van der Waals surface area contributed by atoms with Gasteiger partial charge in [0.2, 0.25) is 0 Å². The quantitative estimate of drug-likeness (QED) is 0.725. The zero-order valence-corrected chi connectivity index (χ0v) is 10.6. The molecule has 3 N–H and O–H groups in total. The monoisotopic (exact) mass is 274 g/mol. The molecule has 0 aliphatic rings. The third kappa shape index (κ3) is 3.57. The molecule has 0 saturated heterocycles. The highest BCUT2D eigenvalue weighted by molar-refractivity contribution is 5.87. The number of aliphatic hydroxyl groups excluding tert-OH is 1. The molecule has 0 radical (unpaired) electrons. The van der Waals surface area contributed by atoms with Gasteiger partial charge in [0.1, 0.15) is 12.4 Å². The second-order valence-electron chi connectivity index (χ2n) is 4.24. The molecule has 0 heterocycles. The van der Waals surface area contributed by atoms with Crippen LogP contribution in [0.2, 0.25) is 0 Å². The van der Waals surface area contributed by atoms with Gasteiger partial charge in [-0.2, -0.15) is 0 Å². The average molecular weight is 274 g/mol. The van der Waals surface area contributed by atoms with E-state index in [4.69, 9.17) is 20.1 Å². The molecule has 0 saturated carbocycles. The highest BCUT2D eigenvalue weighted by Crippen LogP contribution is 2.17. The molecular formula is C15H14O5. The molecule has 0 unspecified atom stereocenters. The van der Waals surface area contributed by atoms with Crippen LogP contribution in [0.3, 0.4) is 0 Å². The summed E-state index contributed by atoms with van der Waals surface area (Å²) >= 11 is 0. The van der Waals surface area contributed by atoms with Gasteiger partial charge in [-0.05, 0) is 29.8 Å². The number of rotatable bonds is 5. The molecule has 2 aromatic carbocycles. The van der Waals surface area contributed by atoms with Crippen molar-refractivity contribution in [3.8, 4) is 5.75 Å². The number of aliphatic hydroxyl groups is 2. The molecule has 0 aromatic heterocycles. The number of ether oxygens (including phenoxy) is 1. The number of carboxylic acids is 1. The van der Waals surface area contributed by atoms with Crippen molar-refractivity contribution in [1.82, 2.24) is 0 Å². The molecule has 0 aliphatic heterocycles. The predicted octanol–water partition coefficient (Wildman–Crippen LogP) is 1.95. The second-order valence-corrected chi connectivity index (χ2v) is 4.24. The lowest BCUT2D eigenvalue weighted by atomic mass is 10.1. The number of hydrogen-bond acceptors (Lipinski definition) is 4. The fourth-order valence-electron chi connectivity index (χ4n) is 1.73. The highest BCUT2D eigenvalue weighted by atomic mass is 16.5. The Hall–Kier alpha value is -2.37. The second kappa shape index (κ2) is 6.18. The summed E-state index contributed by atoms with van der Waals surface area (Å²) in [7, 11) is 0. The van der Waals surface area contributed by atoms with Gasteiger partial charge in [0, 0.05) is 5.56 Å². The van der Waals surface area contributed by atoms with E-state index in [2.05, 4.69) is 0 Å². The molecular weight excluding hydrogens is 260 g/mol. The van der Waals surface area contributed by atoms with Crippen molar-refractivity contribution in [3.05, 3.63) is 65.2 Å². The topological polar surface area (TPSA) is 87.0 Å². The summed E-state index contributed by atoms with van der Waals surface area (Å²) in [4.78, 5) is 10.8. The average Bonchev–Trinajstić information content (AvgIpc) is 2.45. The molecule has 0 spiro atoms. The molecule has 0 atom stereocenters. The summed E-state index contributed by atoms with van der Waals surface area (Å²) < 4.78 is 5.49. The Labute approximate surface area is 115 Å². The number of hydrogen-bond donors (Lipinski definition) is 3. The zero-order valence-electron chi connectivity index (χ0n) is 10.6. The van der Waals surface area contributed by atoms with Crippen molar-refractivity contribution in [1.29, 1.82) is 0 Å². The Kier molecular flexibility index (Phi) is 4.34. The van der Waals surface area contributed by atoms with Gasteiger partial charge in [-0.25, -0.2) is 4.79 Å². The van der Waals surface area contributed by atoms with Gasteiger partial charge >= 0.3 is 5.97 Å². The first kappa shape index (κ1) is 14.0. The van der Waals surface area contributed by atoms with Crippen LogP contribution in [-0.2, 0) is 6.61 Å². The third-order valence-corrected chi connectivity index (χ3v) is 2.74. The molecule has 5 nitrogen and oxygen atoms in total. The largest absolute Gasteiger partial charge is 0.489 e. The van der Waals surface area contributed by atoms with Crippen LogP contribution >= 0.6 is 0 Å². The van der Waals surface area contributed by atoms with Crippen molar-refractivity contribution in [3.63, 3.8) is 0 Å². The SMILES string of the molecule is O=C(O)c1cccc(OCc2cccc(C(O)O)c2)c1. The minimum absolute atomic E-state index is 0.155. The Morgan fingerprint density at radius 1 is 1.10 bits per heavy atom. The van der Waals surface area contributed by atoms with Crippen LogP contribution in [-0.4, -0.2) is 21.3 Å². The molecule has 5 heteroatoms. The normalized spacial score (nSPS) is 10.6. The lowest BCUT2D eigenvalue weighted by molar-refractivity contribution is -0.0425. The fourth-order valence-corrected chi connectivity index (χ4v) is 1.73. The van der Waals surface area contributed by atoms with Crippen LogP contribution in [0, 0.1) is 0 Å². The van der Waals surface area contributed by atoms with E-state index >= 15 is 0 Å². The maximum atomic E-state index is 10.8. The molecule has 104 valence electrons. The van der Waals surface area contributed by atoms with Crippen LogP contribution < -0.4 is 4.74 Å². The van der Waals surface area contributed by atoms with Gasteiger partial charge in [-0.3, -0.25) is 0 Å². The Balaban J connectivity index is 2.07. The number of benzene rings is 2. The van der Waals surface area contributed by atoms with Crippen molar-refractivity contribution in [2.45, 2.75) is 12.9 Å². The Morgan fingerprint density at radius 3 is 2.55 bits per heavy atom. The van der Waals surface area contributed by atoms with E-state index < -0.39 is 12.3 Å². The van der Waals surface area contributed by atoms with Crippen LogP contribution in [0.1, 0.15) is 27.8 Å². The summed E-state index contributed by atoms with van der Waals surface area (Å²) in [5.74, 6) is -0.569. The minimum Gasteiger partial charge on any atom is -0.489 e. The van der Waals surface area contributed by atoms with E-state index in [9.17, 15) is 4.79 Å². The molecule has 0 amide bonds. The van der Waals surface area contributed by atoms with Gasteiger partial charge < -0.3 is 20.1 Å². The molecule has 0 bridgehead atoms. The van der Waals surface area contributed by atoms with Gasteiger partial charge in [0.15, 0.2) is 6.29 Å². The summed E-state index contributed by atoms with van der Waals surface area (Å²) in [6, 6.07) is 12.9. The maximum Gasteiger partial charge on any atom is 0.335 e. The van der Waals surface area contributed by atoms with Gasteiger partial charge in [-0.15, -0.1) is 0 Å². The summed E-state index contributed by atoms with van der Waals surface area (Å²) in [6.07, 6.45) is -1.52. The first-order valence-electron chi connectivity index (χ1n) is 5.97. The molecule has 2 aromatic rings. The van der Waals surface area contributed by atoms with Crippen LogP contribution in [0.25, 0.3) is 0 Å². The first-order valence-corrected chi connectivity index (χ1v) is 5.97. The number of carboxylic acid groups (broad SMARTS) is 1. The van der Waals surface area contributed by atoms with Crippen molar-refractivity contribution >= 4 is 5.97 Å². The fraction of sp³-hybridized carbons (Fsp3) is 0.133. The van der Waals surface area contributed by atoms with Crippen LogP contribution in [0.4, 0.5) is 0 Å². The number of carbonyl (C=O) groups is 1. The predicted molar refractivity (Wildman–Crippen MR) is 71.4 cm³/mol. The first-order chi connectivity index (χ1) is 9.56.